The van der Waals surface area contributed by atoms with Crippen LogP contribution in [0.5, 0.6) is 0 Å². The van der Waals surface area contributed by atoms with E-state index in [1.807, 2.05) is 19.1 Å². The topological polar surface area (TPSA) is 91.1 Å². The number of nitrogens with zero attached hydrogens (tertiary/aromatic N) is 2. The number of carbonyl (C=O) groups excluding carboxylic acids is 1. The van der Waals surface area contributed by atoms with Gasteiger partial charge in [0.1, 0.15) is 5.25 Å². The molecule has 0 aromatic heterocycles. The zero-order valence-corrected chi connectivity index (χ0v) is 14.8. The smallest absolute Gasteiger partial charge is 0.305 e. The van der Waals surface area contributed by atoms with Crippen LogP contribution >= 0.6 is 11.8 Å². The Morgan fingerprint density at radius 3 is 2.58 bits per heavy atom. The zero-order valence-electron chi connectivity index (χ0n) is 13.9. The number of rotatable bonds is 6. The minimum Gasteiger partial charge on any atom is -0.481 e. The predicted octanol–water partition coefficient (Wildman–Crippen LogP) is 2.67. The molecule has 1 aliphatic heterocycles. The van der Waals surface area contributed by atoms with E-state index in [1.165, 1.54) is 5.56 Å². The Bertz CT molecular complexity index is 681. The molecule has 6 nitrogen and oxygen atoms in total. The number of carboxylic acids is 1. The molecular weight excluding hydrogens is 326 g/mol. The van der Waals surface area contributed by atoms with E-state index in [4.69, 9.17) is 5.11 Å². The first kappa shape index (κ1) is 18.2. The lowest BCUT2D eigenvalue weighted by Crippen LogP contribution is -2.26. The maximum Gasteiger partial charge on any atom is 0.305 e. The molecule has 1 fully saturated rings. The molecule has 24 heavy (non-hydrogen) atoms. The second-order valence-electron chi connectivity index (χ2n) is 6.08. The number of thioether (sulfide) groups is 1. The molecule has 2 rings (SSSR count). The molecule has 0 aliphatic carbocycles. The Morgan fingerprint density at radius 1 is 1.33 bits per heavy atom. The lowest BCUT2D eigenvalue weighted by molar-refractivity contribution is -0.138. The number of benzene rings is 1. The van der Waals surface area contributed by atoms with Crippen molar-refractivity contribution in [3.63, 3.8) is 0 Å². The molecule has 0 saturated carbocycles. The first-order valence-electron chi connectivity index (χ1n) is 7.76. The average molecular weight is 347 g/mol. The van der Waals surface area contributed by atoms with Crippen LogP contribution in [0, 0.1) is 5.92 Å². The van der Waals surface area contributed by atoms with Gasteiger partial charge in [0.25, 0.3) is 0 Å². The quantitative estimate of drug-likeness (QED) is 0.611. The SMILES string of the molecule is CC(=N/N=C1\NC(=O)C(CC(=O)O)S1)c1ccc(CC(C)C)cc1. The van der Waals surface area contributed by atoms with Gasteiger partial charge >= 0.3 is 5.97 Å². The third-order valence-corrected chi connectivity index (χ3v) is 4.52. The van der Waals surface area contributed by atoms with Gasteiger partial charge in [0, 0.05) is 0 Å². The number of nitrogens with one attached hydrogen (secondary N) is 1. The van der Waals surface area contributed by atoms with Crippen LogP contribution in [0.25, 0.3) is 0 Å². The van der Waals surface area contributed by atoms with Crippen molar-refractivity contribution in [2.45, 2.75) is 38.9 Å². The number of carboxylic acid groups (broad SMARTS) is 1. The van der Waals surface area contributed by atoms with Crippen LogP contribution in [0.2, 0.25) is 0 Å². The van der Waals surface area contributed by atoms with Gasteiger partial charge in [-0.2, -0.15) is 5.10 Å². The van der Waals surface area contributed by atoms with Crippen molar-refractivity contribution in [1.29, 1.82) is 0 Å². The van der Waals surface area contributed by atoms with E-state index in [0.717, 1.165) is 29.5 Å². The highest BCUT2D eigenvalue weighted by Gasteiger charge is 2.32. The van der Waals surface area contributed by atoms with Crippen molar-refractivity contribution in [2.75, 3.05) is 0 Å². The monoisotopic (exact) mass is 347 g/mol. The van der Waals surface area contributed by atoms with Gasteiger partial charge in [0.2, 0.25) is 5.91 Å². The van der Waals surface area contributed by atoms with Crippen LogP contribution in [0.4, 0.5) is 0 Å². The summed E-state index contributed by atoms with van der Waals surface area (Å²) in [5.41, 5.74) is 2.97. The van der Waals surface area contributed by atoms with Gasteiger partial charge < -0.3 is 10.4 Å². The van der Waals surface area contributed by atoms with E-state index in [2.05, 4.69) is 41.5 Å². The summed E-state index contributed by atoms with van der Waals surface area (Å²) in [5, 5.41) is 19.2. The van der Waals surface area contributed by atoms with Crippen molar-refractivity contribution in [3.8, 4) is 0 Å². The number of hydrogen-bond acceptors (Lipinski definition) is 5. The zero-order chi connectivity index (χ0) is 17.7. The highest BCUT2D eigenvalue weighted by Crippen LogP contribution is 2.22. The molecule has 0 bridgehead atoms. The third kappa shape index (κ3) is 5.19. The number of carbonyl (C=O) groups is 2. The number of hydrogen-bond donors (Lipinski definition) is 2. The summed E-state index contributed by atoms with van der Waals surface area (Å²) in [4.78, 5) is 22.3. The molecular formula is C17H21N3O3S. The number of amidine groups is 1. The van der Waals surface area contributed by atoms with Crippen LogP contribution in [-0.4, -0.2) is 33.1 Å². The second-order valence-corrected chi connectivity index (χ2v) is 7.27. The van der Waals surface area contributed by atoms with Crippen molar-refractivity contribution in [3.05, 3.63) is 35.4 Å². The van der Waals surface area contributed by atoms with Crippen LogP contribution in [-0.2, 0) is 16.0 Å². The van der Waals surface area contributed by atoms with E-state index in [9.17, 15) is 9.59 Å². The molecule has 1 unspecified atom stereocenters. The van der Waals surface area contributed by atoms with Crippen LogP contribution in [0.15, 0.2) is 34.5 Å². The lowest BCUT2D eigenvalue weighted by atomic mass is 10.0. The molecule has 1 atom stereocenters. The average Bonchev–Trinajstić information content (AvgIpc) is 2.84. The Kier molecular flexibility index (Phi) is 6.14. The van der Waals surface area contributed by atoms with Crippen LogP contribution in [0.3, 0.4) is 0 Å². The number of aliphatic carboxylic acids is 1. The maximum atomic E-state index is 11.6. The Morgan fingerprint density at radius 2 is 2.00 bits per heavy atom. The van der Waals surface area contributed by atoms with Gasteiger partial charge in [0.15, 0.2) is 5.17 Å². The van der Waals surface area contributed by atoms with Crippen molar-refractivity contribution in [1.82, 2.24) is 5.32 Å². The van der Waals surface area contributed by atoms with Crippen LogP contribution < -0.4 is 5.32 Å². The van der Waals surface area contributed by atoms with Crippen molar-refractivity contribution in [2.24, 2.45) is 16.1 Å². The van der Waals surface area contributed by atoms with Gasteiger partial charge in [-0.1, -0.05) is 49.9 Å². The largest absolute Gasteiger partial charge is 0.481 e. The molecule has 1 saturated heterocycles. The summed E-state index contributed by atoms with van der Waals surface area (Å²) >= 11 is 1.09. The lowest BCUT2D eigenvalue weighted by Gasteiger charge is -2.06. The molecule has 1 amide bonds. The fraction of sp³-hybridized carbons (Fsp3) is 0.412. The van der Waals surface area contributed by atoms with Crippen molar-refractivity contribution >= 4 is 34.5 Å². The molecule has 0 radical (unpaired) electrons. The summed E-state index contributed by atoms with van der Waals surface area (Å²) in [6.07, 6.45) is 0.807. The van der Waals surface area contributed by atoms with Gasteiger partial charge in [-0.15, -0.1) is 5.10 Å². The van der Waals surface area contributed by atoms with Gasteiger partial charge in [-0.05, 0) is 30.4 Å². The molecule has 2 N–H and O–H groups in total. The highest BCUT2D eigenvalue weighted by molar-refractivity contribution is 8.15. The van der Waals surface area contributed by atoms with Crippen LogP contribution in [0.1, 0.15) is 38.3 Å². The summed E-state index contributed by atoms with van der Waals surface area (Å²) in [6.45, 7) is 6.21. The fourth-order valence-electron chi connectivity index (χ4n) is 2.28. The van der Waals surface area contributed by atoms with E-state index in [1.54, 1.807) is 0 Å². The summed E-state index contributed by atoms with van der Waals surface area (Å²) < 4.78 is 0. The first-order valence-corrected chi connectivity index (χ1v) is 8.64. The molecule has 1 aliphatic rings. The Balaban J connectivity index is 2.03. The van der Waals surface area contributed by atoms with Gasteiger partial charge in [-0.25, -0.2) is 0 Å². The predicted molar refractivity (Wildman–Crippen MR) is 96.4 cm³/mol. The fourth-order valence-corrected chi connectivity index (χ4v) is 3.19. The van der Waals surface area contributed by atoms with Crippen molar-refractivity contribution < 1.29 is 14.7 Å². The van der Waals surface area contributed by atoms with E-state index in [0.29, 0.717) is 11.1 Å². The third-order valence-electron chi connectivity index (χ3n) is 3.44. The minimum atomic E-state index is -1.01. The van der Waals surface area contributed by atoms with Gasteiger partial charge in [-0.3, -0.25) is 9.59 Å². The molecule has 1 aromatic carbocycles. The summed E-state index contributed by atoms with van der Waals surface area (Å²) in [7, 11) is 0. The second kappa shape index (κ2) is 8.10. The molecule has 0 spiro atoms. The van der Waals surface area contributed by atoms with E-state index < -0.39 is 11.2 Å². The maximum absolute atomic E-state index is 11.6. The summed E-state index contributed by atoms with van der Waals surface area (Å²) in [6, 6.07) is 8.17. The van der Waals surface area contributed by atoms with Gasteiger partial charge in [0.05, 0.1) is 12.1 Å². The standard InChI is InChI=1S/C17H21N3O3S/c1-10(2)8-12-4-6-13(7-5-12)11(3)19-20-17-18-16(23)14(24-17)9-15(21)22/h4-7,10,14H,8-9H2,1-3H3,(H,21,22)(H,18,20,23). The Labute approximate surface area is 145 Å². The normalized spacial score (nSPS) is 19.8. The number of amides is 1. The highest BCUT2D eigenvalue weighted by atomic mass is 32.2. The molecule has 7 heteroatoms. The first-order chi connectivity index (χ1) is 11.3. The van der Waals surface area contributed by atoms with E-state index in [-0.39, 0.29) is 12.3 Å². The minimum absolute atomic E-state index is 0.227. The molecule has 1 aromatic rings. The molecule has 128 valence electrons. The van der Waals surface area contributed by atoms with E-state index >= 15 is 0 Å². The molecule has 1 heterocycles. The Hall–Kier alpha value is -2.15. The summed E-state index contributed by atoms with van der Waals surface area (Å²) in [5.74, 6) is -0.740.